The molecule has 13 heavy (non-hydrogen) atoms. The van der Waals surface area contributed by atoms with E-state index in [4.69, 9.17) is 14.9 Å². The molecule has 5 nitrogen and oxygen atoms in total. The average Bonchev–Trinajstić information content (AvgIpc) is 2.07. The van der Waals surface area contributed by atoms with E-state index in [0.29, 0.717) is 5.57 Å². The molecule has 0 bridgehead atoms. The van der Waals surface area contributed by atoms with Crippen LogP contribution in [0.1, 0.15) is 6.92 Å². The van der Waals surface area contributed by atoms with Gasteiger partial charge in [0.15, 0.2) is 6.29 Å². The maximum atomic E-state index is 9.39. The molecule has 0 aromatic heterocycles. The monoisotopic (exact) mass is 190 g/mol. The molecule has 1 unspecified atom stereocenters. The van der Waals surface area contributed by atoms with Crippen LogP contribution >= 0.6 is 0 Å². The molecule has 0 radical (unpaired) electrons. The molecule has 5 heteroatoms. The van der Waals surface area contributed by atoms with Crippen molar-refractivity contribution in [3.8, 4) is 0 Å². The molecule has 0 aromatic rings. The maximum Gasteiger partial charge on any atom is 0.184 e. The minimum Gasteiger partial charge on any atom is -0.387 e. The molecule has 1 saturated heterocycles. The van der Waals surface area contributed by atoms with E-state index in [1.54, 1.807) is 6.92 Å². The molecular formula is C8H14O5. The Labute approximate surface area is 75.9 Å². The van der Waals surface area contributed by atoms with Gasteiger partial charge in [-0.2, -0.15) is 0 Å². The highest BCUT2D eigenvalue weighted by Crippen LogP contribution is 2.23. The fraction of sp³-hybridized carbons (Fsp3) is 0.750. The van der Waals surface area contributed by atoms with Crippen LogP contribution in [0, 0.1) is 0 Å². The Morgan fingerprint density at radius 1 is 1.08 bits per heavy atom. The predicted octanol–water partition coefficient (Wildman–Crippen LogP) is -1.64. The highest BCUT2D eigenvalue weighted by Gasteiger charge is 2.42. The van der Waals surface area contributed by atoms with Crippen LogP contribution in [0.15, 0.2) is 12.2 Å². The van der Waals surface area contributed by atoms with Crippen molar-refractivity contribution < 1.29 is 25.2 Å². The summed E-state index contributed by atoms with van der Waals surface area (Å²) in [6, 6.07) is 0. The number of ether oxygens (including phenoxy) is 1. The number of aliphatic hydroxyl groups excluding tert-OH is 4. The van der Waals surface area contributed by atoms with E-state index in [9.17, 15) is 10.2 Å². The first-order valence-electron chi connectivity index (χ1n) is 3.98. The summed E-state index contributed by atoms with van der Waals surface area (Å²) in [5.41, 5.74) is 0.484. The van der Waals surface area contributed by atoms with Crippen LogP contribution in [0.3, 0.4) is 0 Å². The van der Waals surface area contributed by atoms with Gasteiger partial charge in [0.25, 0.3) is 0 Å². The first-order valence-corrected chi connectivity index (χ1v) is 3.98. The first-order chi connectivity index (χ1) is 5.95. The van der Waals surface area contributed by atoms with E-state index in [0.717, 1.165) is 0 Å². The maximum absolute atomic E-state index is 9.39. The molecule has 4 N–H and O–H groups in total. The van der Waals surface area contributed by atoms with Crippen LogP contribution in [-0.4, -0.2) is 51.1 Å². The van der Waals surface area contributed by atoms with Crippen LogP contribution in [0.25, 0.3) is 0 Å². The van der Waals surface area contributed by atoms with Crippen molar-refractivity contribution >= 4 is 0 Å². The molecule has 1 aliphatic rings. The van der Waals surface area contributed by atoms with E-state index in [1.807, 2.05) is 0 Å². The summed E-state index contributed by atoms with van der Waals surface area (Å²) in [4.78, 5) is 0. The molecule has 1 aliphatic heterocycles. The third-order valence-corrected chi connectivity index (χ3v) is 2.07. The first kappa shape index (κ1) is 10.6. The summed E-state index contributed by atoms with van der Waals surface area (Å²) in [5, 5.41) is 36.8. The number of hydrogen-bond acceptors (Lipinski definition) is 5. The summed E-state index contributed by atoms with van der Waals surface area (Å²) in [6.45, 7) is 5.14. The van der Waals surface area contributed by atoms with E-state index < -0.39 is 30.7 Å². The molecule has 1 heterocycles. The molecule has 0 saturated carbocycles. The Balaban J connectivity index is 2.76. The second kappa shape index (κ2) is 3.73. The fourth-order valence-electron chi connectivity index (χ4n) is 1.27. The molecule has 5 atom stereocenters. The Bertz CT molecular complexity index is 205. The molecule has 1 fully saturated rings. The van der Waals surface area contributed by atoms with E-state index in [-0.39, 0.29) is 0 Å². The number of rotatable bonds is 1. The molecular weight excluding hydrogens is 176 g/mol. The van der Waals surface area contributed by atoms with Gasteiger partial charge in [0.1, 0.15) is 24.4 Å². The van der Waals surface area contributed by atoms with Crippen molar-refractivity contribution in [2.24, 2.45) is 0 Å². The van der Waals surface area contributed by atoms with E-state index in [2.05, 4.69) is 6.58 Å². The second-order valence-corrected chi connectivity index (χ2v) is 3.27. The zero-order valence-electron chi connectivity index (χ0n) is 7.29. The summed E-state index contributed by atoms with van der Waals surface area (Å²) in [5.74, 6) is 0. The molecule has 1 rings (SSSR count). The van der Waals surface area contributed by atoms with Crippen LogP contribution in [0.2, 0.25) is 0 Å². The molecule has 76 valence electrons. The van der Waals surface area contributed by atoms with Crippen molar-refractivity contribution in [3.05, 3.63) is 12.2 Å². The van der Waals surface area contributed by atoms with Crippen LogP contribution < -0.4 is 0 Å². The van der Waals surface area contributed by atoms with Gasteiger partial charge in [-0.3, -0.25) is 0 Å². The lowest BCUT2D eigenvalue weighted by atomic mass is 9.95. The Kier molecular flexibility index (Phi) is 3.05. The van der Waals surface area contributed by atoms with Gasteiger partial charge in [-0.1, -0.05) is 6.58 Å². The lowest BCUT2D eigenvalue weighted by molar-refractivity contribution is -0.273. The minimum absolute atomic E-state index is 0.484. The lowest BCUT2D eigenvalue weighted by Crippen LogP contribution is -2.57. The smallest absolute Gasteiger partial charge is 0.184 e. The largest absolute Gasteiger partial charge is 0.387 e. The molecule has 0 spiro atoms. The van der Waals surface area contributed by atoms with Gasteiger partial charge in [-0.05, 0) is 12.5 Å². The topological polar surface area (TPSA) is 90.2 Å². The van der Waals surface area contributed by atoms with Crippen LogP contribution in [-0.2, 0) is 4.74 Å². The zero-order valence-corrected chi connectivity index (χ0v) is 7.29. The number of aliphatic hydroxyl groups is 4. The predicted molar refractivity (Wildman–Crippen MR) is 43.7 cm³/mol. The Morgan fingerprint density at radius 2 is 1.62 bits per heavy atom. The van der Waals surface area contributed by atoms with Gasteiger partial charge in [-0.15, -0.1) is 0 Å². The highest BCUT2D eigenvalue weighted by atomic mass is 16.6. The van der Waals surface area contributed by atoms with Gasteiger partial charge >= 0.3 is 0 Å². The van der Waals surface area contributed by atoms with Crippen LogP contribution in [0.5, 0.6) is 0 Å². The van der Waals surface area contributed by atoms with Crippen LogP contribution in [0.4, 0.5) is 0 Å². The standard InChI is InChI=1S/C8H14O5/c1-3(2)7-5(10)4(9)6(11)8(12)13-7/h4-12H,1H2,2H3/t4-,5-,6+,7+,8?/m0/s1. The molecule has 0 aromatic carbocycles. The van der Waals surface area contributed by atoms with Crippen molar-refractivity contribution in [3.63, 3.8) is 0 Å². The summed E-state index contributed by atoms with van der Waals surface area (Å²) in [6.07, 6.45) is -6.47. The number of hydrogen-bond donors (Lipinski definition) is 4. The molecule has 0 aliphatic carbocycles. The van der Waals surface area contributed by atoms with Gasteiger partial charge in [0.05, 0.1) is 0 Å². The van der Waals surface area contributed by atoms with Crippen molar-refractivity contribution in [2.75, 3.05) is 0 Å². The minimum atomic E-state index is -1.49. The van der Waals surface area contributed by atoms with Gasteiger partial charge in [0.2, 0.25) is 0 Å². The Morgan fingerprint density at radius 3 is 2.08 bits per heavy atom. The SMILES string of the molecule is C=C(C)[C@H]1OC(O)[C@H](O)[C@@H](O)[C@@H]1O. The Hall–Kier alpha value is -0.460. The summed E-state index contributed by atoms with van der Waals surface area (Å²) in [7, 11) is 0. The average molecular weight is 190 g/mol. The normalized spacial score (nSPS) is 46.1. The van der Waals surface area contributed by atoms with Gasteiger partial charge < -0.3 is 25.2 Å². The van der Waals surface area contributed by atoms with Crippen molar-refractivity contribution in [1.82, 2.24) is 0 Å². The van der Waals surface area contributed by atoms with Gasteiger partial charge in [-0.25, -0.2) is 0 Å². The third-order valence-electron chi connectivity index (χ3n) is 2.07. The second-order valence-electron chi connectivity index (χ2n) is 3.27. The lowest BCUT2D eigenvalue weighted by Gasteiger charge is -2.38. The van der Waals surface area contributed by atoms with Crippen molar-refractivity contribution in [2.45, 2.75) is 37.6 Å². The third kappa shape index (κ3) is 1.90. The van der Waals surface area contributed by atoms with Gasteiger partial charge in [0, 0.05) is 0 Å². The van der Waals surface area contributed by atoms with Crippen molar-refractivity contribution in [1.29, 1.82) is 0 Å². The van der Waals surface area contributed by atoms with E-state index >= 15 is 0 Å². The zero-order chi connectivity index (χ0) is 10.2. The summed E-state index contributed by atoms with van der Waals surface area (Å²) < 4.78 is 4.84. The van der Waals surface area contributed by atoms with E-state index in [1.165, 1.54) is 0 Å². The highest BCUT2D eigenvalue weighted by molar-refractivity contribution is 5.06. The quantitative estimate of drug-likeness (QED) is 0.372. The molecule has 0 amide bonds. The fourth-order valence-corrected chi connectivity index (χ4v) is 1.27. The summed E-state index contributed by atoms with van der Waals surface area (Å²) >= 11 is 0.